The van der Waals surface area contributed by atoms with E-state index < -0.39 is 11.6 Å². The number of carbonyl (C=O) groups excluding carboxylic acids is 1. The van der Waals surface area contributed by atoms with Crippen molar-refractivity contribution in [3.8, 4) is 0 Å². The van der Waals surface area contributed by atoms with E-state index in [1.54, 1.807) is 25.1 Å². The topological polar surface area (TPSA) is 44.7 Å². The lowest BCUT2D eigenvalue weighted by molar-refractivity contribution is -0.113. The van der Waals surface area contributed by atoms with Crippen molar-refractivity contribution in [3.63, 3.8) is 0 Å². The number of hydrogen-bond acceptors (Lipinski definition) is 4. The second-order valence-electron chi connectivity index (χ2n) is 5.61. The van der Waals surface area contributed by atoms with Crippen LogP contribution in [0.25, 0.3) is 5.70 Å². The van der Waals surface area contributed by atoms with Gasteiger partial charge in [0.1, 0.15) is 5.82 Å². The van der Waals surface area contributed by atoms with Gasteiger partial charge in [-0.2, -0.15) is 0 Å². The van der Waals surface area contributed by atoms with E-state index in [4.69, 9.17) is 0 Å². The number of anilines is 1. The van der Waals surface area contributed by atoms with Crippen LogP contribution in [0.1, 0.15) is 25.8 Å². The van der Waals surface area contributed by atoms with Gasteiger partial charge in [0.05, 0.1) is 28.9 Å². The first-order chi connectivity index (χ1) is 11.5. The number of halogens is 2. The Morgan fingerprint density at radius 1 is 1.33 bits per heavy atom. The molecule has 0 radical (unpaired) electrons. The average Bonchev–Trinajstić information content (AvgIpc) is 2.56. The van der Waals surface area contributed by atoms with Crippen molar-refractivity contribution in [2.45, 2.75) is 20.3 Å². The van der Waals surface area contributed by atoms with Crippen molar-refractivity contribution in [3.05, 3.63) is 58.6 Å². The lowest BCUT2D eigenvalue weighted by Gasteiger charge is -2.31. The van der Waals surface area contributed by atoms with Gasteiger partial charge in [-0.25, -0.2) is 8.78 Å². The summed E-state index contributed by atoms with van der Waals surface area (Å²) in [6.45, 7) is 3.22. The molecule has 2 aliphatic heterocycles. The van der Waals surface area contributed by atoms with Crippen LogP contribution in [-0.2, 0) is 4.79 Å². The second-order valence-corrected chi connectivity index (χ2v) is 5.61. The maximum atomic E-state index is 14.6. The molecule has 0 aromatic heterocycles. The van der Waals surface area contributed by atoms with Gasteiger partial charge in [0.15, 0.2) is 11.6 Å². The molecule has 0 amide bonds. The Kier molecular flexibility index (Phi) is 4.05. The van der Waals surface area contributed by atoms with Gasteiger partial charge in [0.2, 0.25) is 0 Å². The minimum absolute atomic E-state index is 0.0448. The van der Waals surface area contributed by atoms with Crippen molar-refractivity contribution in [2.75, 3.05) is 12.4 Å². The summed E-state index contributed by atoms with van der Waals surface area (Å²) in [6, 6.07) is 2.55. The van der Waals surface area contributed by atoms with Crippen LogP contribution in [0.3, 0.4) is 0 Å². The van der Waals surface area contributed by atoms with Crippen molar-refractivity contribution in [2.24, 2.45) is 4.99 Å². The molecule has 2 aliphatic rings. The molecule has 1 N–H and O–H groups in total. The molecule has 0 saturated heterocycles. The summed E-state index contributed by atoms with van der Waals surface area (Å²) in [7, 11) is 1.57. The molecule has 1 aromatic rings. The van der Waals surface area contributed by atoms with E-state index >= 15 is 0 Å². The Morgan fingerprint density at radius 3 is 2.75 bits per heavy atom. The zero-order valence-electron chi connectivity index (χ0n) is 13.7. The van der Waals surface area contributed by atoms with Gasteiger partial charge in [0.25, 0.3) is 0 Å². The number of rotatable bonds is 3. The molecular weight excluding hydrogens is 312 g/mol. The molecule has 4 nitrogen and oxygen atoms in total. The molecule has 2 heterocycles. The lowest BCUT2D eigenvalue weighted by Crippen LogP contribution is -2.26. The normalized spacial score (nSPS) is 16.6. The van der Waals surface area contributed by atoms with E-state index in [1.807, 2.05) is 6.08 Å². The fraction of sp³-hybridized carbons (Fsp3) is 0.222. The summed E-state index contributed by atoms with van der Waals surface area (Å²) >= 11 is 0. The number of aliphatic imine (C=N–C) groups is 1. The molecule has 24 heavy (non-hydrogen) atoms. The predicted molar refractivity (Wildman–Crippen MR) is 90.3 cm³/mol. The fourth-order valence-electron chi connectivity index (χ4n) is 2.90. The number of nitrogens with one attached hydrogen (secondary N) is 1. The monoisotopic (exact) mass is 329 g/mol. The van der Waals surface area contributed by atoms with Gasteiger partial charge < -0.3 is 10.2 Å². The molecule has 6 heteroatoms. The minimum atomic E-state index is -0.691. The number of benzene rings is 1. The highest BCUT2D eigenvalue weighted by atomic mass is 19.1. The maximum absolute atomic E-state index is 14.6. The van der Waals surface area contributed by atoms with E-state index in [2.05, 4.69) is 10.3 Å². The number of hydrogen-bond donors (Lipinski definition) is 1. The number of carbonyl (C=O) groups is 1. The number of allylic oxidation sites excluding steroid dienone is 4. The number of Topliss-reactive ketones (excluding diaryl/α,β-unsaturated/α-hetero) is 1. The Bertz CT molecular complexity index is 850. The first-order valence-corrected chi connectivity index (χ1v) is 7.56. The Balaban J connectivity index is 2.18. The molecule has 124 valence electrons. The van der Waals surface area contributed by atoms with Crippen molar-refractivity contribution < 1.29 is 13.6 Å². The second kappa shape index (κ2) is 6.03. The fourth-order valence-corrected chi connectivity index (χ4v) is 2.90. The summed E-state index contributed by atoms with van der Waals surface area (Å²) in [5.74, 6) is -1.42. The minimum Gasteiger partial charge on any atom is -0.386 e. The van der Waals surface area contributed by atoms with Crippen LogP contribution in [0.5, 0.6) is 0 Å². The highest BCUT2D eigenvalue weighted by molar-refractivity contribution is 6.02. The summed E-state index contributed by atoms with van der Waals surface area (Å²) in [4.78, 5) is 17.8. The Morgan fingerprint density at radius 2 is 2.08 bits per heavy atom. The summed E-state index contributed by atoms with van der Waals surface area (Å²) in [5, 5.41) is 2.70. The lowest BCUT2D eigenvalue weighted by atomic mass is 9.99. The number of ketones is 1. The van der Waals surface area contributed by atoms with Crippen molar-refractivity contribution in [1.82, 2.24) is 4.90 Å². The van der Waals surface area contributed by atoms with E-state index in [0.29, 0.717) is 23.4 Å². The van der Waals surface area contributed by atoms with E-state index in [-0.39, 0.29) is 22.7 Å². The smallest absolute Gasteiger partial charge is 0.158 e. The molecule has 1 aromatic carbocycles. The van der Waals surface area contributed by atoms with Gasteiger partial charge in [-0.05, 0) is 32.4 Å². The van der Waals surface area contributed by atoms with Crippen LogP contribution in [0.2, 0.25) is 0 Å². The van der Waals surface area contributed by atoms with E-state index in [9.17, 15) is 13.6 Å². The molecule has 0 unspecified atom stereocenters. The number of nitrogens with zero attached hydrogens (tertiary/aromatic N) is 2. The van der Waals surface area contributed by atoms with Crippen LogP contribution < -0.4 is 5.32 Å². The quantitative estimate of drug-likeness (QED) is 0.916. The summed E-state index contributed by atoms with van der Waals surface area (Å²) in [6.07, 6.45) is 5.65. The summed E-state index contributed by atoms with van der Waals surface area (Å²) in [5.41, 5.74) is 2.06. The highest BCUT2D eigenvalue weighted by Crippen LogP contribution is 2.36. The third kappa shape index (κ3) is 2.44. The molecule has 0 atom stereocenters. The predicted octanol–water partition coefficient (Wildman–Crippen LogP) is 3.84. The van der Waals surface area contributed by atoms with E-state index in [0.717, 1.165) is 0 Å². The van der Waals surface area contributed by atoms with Gasteiger partial charge in [-0.15, -0.1) is 0 Å². The standard InChI is InChI=1S/C18H17F2N3O/c1-10-18(16-13(19)6-7-14(21-3)17(16)20)22-9-15-12(11(2)24)5-4-8-23(10)15/h4,6-9,21H,5H2,1-3H3. The maximum Gasteiger partial charge on any atom is 0.158 e. The van der Waals surface area contributed by atoms with Crippen LogP contribution in [0, 0.1) is 11.6 Å². The molecule has 0 fully saturated rings. The first-order valence-electron chi connectivity index (χ1n) is 7.56. The van der Waals surface area contributed by atoms with E-state index in [1.165, 1.54) is 25.3 Å². The molecule has 0 spiro atoms. The third-order valence-electron chi connectivity index (χ3n) is 4.19. The van der Waals surface area contributed by atoms with Gasteiger partial charge in [-0.3, -0.25) is 9.79 Å². The zero-order valence-corrected chi connectivity index (χ0v) is 13.7. The van der Waals surface area contributed by atoms with Gasteiger partial charge in [0, 0.05) is 24.5 Å². The molecular formula is C18H17F2N3O. The van der Waals surface area contributed by atoms with Crippen LogP contribution in [-0.4, -0.2) is 23.9 Å². The Labute approximate surface area is 138 Å². The molecule has 3 rings (SSSR count). The SMILES string of the molecule is CNc1ccc(F)c(C2=C(C)N3C=CCC(C(C)=O)=C3C=N2)c1F. The number of fused-ring (bicyclic) bond motifs is 1. The van der Waals surface area contributed by atoms with Gasteiger partial charge >= 0.3 is 0 Å². The van der Waals surface area contributed by atoms with Crippen LogP contribution >= 0.6 is 0 Å². The van der Waals surface area contributed by atoms with Crippen LogP contribution in [0.15, 0.2) is 46.4 Å². The highest BCUT2D eigenvalue weighted by Gasteiger charge is 2.27. The average molecular weight is 329 g/mol. The third-order valence-corrected chi connectivity index (χ3v) is 4.19. The van der Waals surface area contributed by atoms with Crippen molar-refractivity contribution >= 4 is 23.4 Å². The van der Waals surface area contributed by atoms with Gasteiger partial charge in [-0.1, -0.05) is 6.08 Å². The first kappa shape index (κ1) is 16.1. The van der Waals surface area contributed by atoms with Crippen LogP contribution in [0.4, 0.5) is 14.5 Å². The summed E-state index contributed by atoms with van der Waals surface area (Å²) < 4.78 is 28.9. The van der Waals surface area contributed by atoms with Crippen molar-refractivity contribution in [1.29, 1.82) is 0 Å². The largest absolute Gasteiger partial charge is 0.386 e. The zero-order chi connectivity index (χ0) is 17.4. The Hall–Kier alpha value is -2.76. The molecule has 0 saturated carbocycles. The molecule has 0 aliphatic carbocycles. The molecule has 0 bridgehead atoms.